The van der Waals surface area contributed by atoms with E-state index in [4.69, 9.17) is 27.0 Å². The van der Waals surface area contributed by atoms with Gasteiger partial charge >= 0.3 is 12.2 Å². The molecule has 14 heteroatoms. The van der Waals surface area contributed by atoms with Crippen molar-refractivity contribution in [3.63, 3.8) is 0 Å². The summed E-state index contributed by atoms with van der Waals surface area (Å²) in [5, 5.41) is 23.2. The Balaban J connectivity index is 1.85. The molecule has 0 unspecified atom stereocenters. The number of benzene rings is 1. The number of hydrogen-bond acceptors (Lipinski definition) is 7. The van der Waals surface area contributed by atoms with Crippen LogP contribution in [0.1, 0.15) is 23.1 Å². The summed E-state index contributed by atoms with van der Waals surface area (Å²) < 4.78 is 47.4. The standard InChI is InChI=1S/C26H25ClF3N7O3/c1-33-8-11-36(2)25(39)35-23-19(4-3-7-34-23)21(32)6-10-37-9-5-20(26(28,29)30)22(24(37)38)40-18-13-16(15-31)12-17(27)14-18/h3-5,7,9,12-14,32-33H,6,8,10-11H2,1-2H3,(H,34,35,39). The van der Waals surface area contributed by atoms with E-state index in [1.54, 1.807) is 26.2 Å². The Labute approximate surface area is 232 Å². The lowest BCUT2D eigenvalue weighted by Gasteiger charge is -2.19. The normalized spacial score (nSPS) is 11.0. The van der Waals surface area contributed by atoms with Crippen LogP contribution in [0.3, 0.4) is 0 Å². The topological polar surface area (TPSA) is 136 Å². The predicted octanol–water partition coefficient (Wildman–Crippen LogP) is 4.72. The minimum absolute atomic E-state index is 0.0101. The van der Waals surface area contributed by atoms with Gasteiger partial charge in [-0.25, -0.2) is 9.78 Å². The molecule has 2 heterocycles. The number of nitriles is 1. The zero-order chi connectivity index (χ0) is 29.4. The third-order valence-electron chi connectivity index (χ3n) is 5.65. The van der Waals surface area contributed by atoms with Gasteiger partial charge in [-0.05, 0) is 43.4 Å². The molecule has 3 aromatic rings. The lowest BCUT2D eigenvalue weighted by atomic mass is 10.1. The van der Waals surface area contributed by atoms with Crippen LogP contribution in [0.2, 0.25) is 5.02 Å². The van der Waals surface area contributed by atoms with Crippen LogP contribution < -0.4 is 20.9 Å². The number of likely N-dealkylation sites (N-methyl/N-ethyl adjacent to an activating group) is 2. The Morgan fingerprint density at radius 3 is 2.73 bits per heavy atom. The van der Waals surface area contributed by atoms with Crippen LogP contribution >= 0.6 is 11.6 Å². The maximum Gasteiger partial charge on any atom is 0.420 e. The summed E-state index contributed by atoms with van der Waals surface area (Å²) in [6.45, 7) is 0.824. The van der Waals surface area contributed by atoms with E-state index in [0.717, 1.165) is 16.8 Å². The number of aryl methyl sites for hydroxylation is 1. The van der Waals surface area contributed by atoms with Gasteiger partial charge in [-0.3, -0.25) is 10.1 Å². The third kappa shape index (κ3) is 7.58. The number of aromatic nitrogens is 2. The van der Waals surface area contributed by atoms with Gasteiger partial charge in [-0.15, -0.1) is 0 Å². The first-order valence-electron chi connectivity index (χ1n) is 11.8. The minimum Gasteiger partial charge on any atom is -0.451 e. The van der Waals surface area contributed by atoms with Gasteiger partial charge in [0.1, 0.15) is 17.1 Å². The van der Waals surface area contributed by atoms with Crippen molar-refractivity contribution in [3.05, 3.63) is 80.9 Å². The van der Waals surface area contributed by atoms with Gasteiger partial charge < -0.3 is 24.9 Å². The fourth-order valence-corrected chi connectivity index (χ4v) is 3.77. The van der Waals surface area contributed by atoms with E-state index in [2.05, 4.69) is 15.6 Å². The van der Waals surface area contributed by atoms with E-state index in [0.29, 0.717) is 19.2 Å². The number of nitrogens with zero attached hydrogens (tertiary/aromatic N) is 4. The Morgan fingerprint density at radius 2 is 2.05 bits per heavy atom. The summed E-state index contributed by atoms with van der Waals surface area (Å²) in [7, 11) is 3.35. The van der Waals surface area contributed by atoms with Crippen molar-refractivity contribution in [3.8, 4) is 17.6 Å². The van der Waals surface area contributed by atoms with Gasteiger partial charge in [-0.1, -0.05) is 11.6 Å². The Kier molecular flexibility index (Phi) is 9.87. The summed E-state index contributed by atoms with van der Waals surface area (Å²) in [6, 6.07) is 8.85. The molecule has 0 spiro atoms. The zero-order valence-electron chi connectivity index (χ0n) is 21.5. The summed E-state index contributed by atoms with van der Waals surface area (Å²) in [6.07, 6.45) is -2.57. The van der Waals surface area contributed by atoms with E-state index < -0.39 is 29.1 Å². The number of amides is 2. The molecule has 3 N–H and O–H groups in total. The number of halogens is 4. The Bertz CT molecular complexity index is 1500. The van der Waals surface area contributed by atoms with Gasteiger partial charge in [0.2, 0.25) is 5.75 Å². The quantitative estimate of drug-likeness (QED) is 0.299. The Hall–Kier alpha value is -4.41. The molecule has 0 atom stereocenters. The van der Waals surface area contributed by atoms with Crippen LogP contribution in [-0.2, 0) is 12.7 Å². The summed E-state index contributed by atoms with van der Waals surface area (Å²) in [5.41, 5.74) is -2.08. The molecule has 1 aromatic carbocycles. The number of urea groups is 1. The number of alkyl halides is 3. The summed E-state index contributed by atoms with van der Waals surface area (Å²) in [5.74, 6) is -1.08. The number of carbonyl (C=O) groups is 1. The monoisotopic (exact) mass is 575 g/mol. The van der Waals surface area contributed by atoms with Crippen LogP contribution in [-0.4, -0.2) is 53.4 Å². The SMILES string of the molecule is CNCCN(C)C(=O)Nc1ncccc1C(=N)CCn1ccc(C(F)(F)F)c(Oc2cc(Cl)cc(C#N)c2)c1=O. The second-order valence-electron chi connectivity index (χ2n) is 8.53. The van der Waals surface area contributed by atoms with Crippen molar-refractivity contribution < 1.29 is 22.7 Å². The highest BCUT2D eigenvalue weighted by atomic mass is 35.5. The molecule has 0 saturated carbocycles. The molecule has 40 heavy (non-hydrogen) atoms. The second-order valence-corrected chi connectivity index (χ2v) is 8.96. The van der Waals surface area contributed by atoms with Crippen LogP contribution in [0, 0.1) is 16.7 Å². The molecule has 210 valence electrons. The number of hydrogen-bond donors (Lipinski definition) is 3. The largest absolute Gasteiger partial charge is 0.451 e. The predicted molar refractivity (Wildman–Crippen MR) is 143 cm³/mol. The molecule has 10 nitrogen and oxygen atoms in total. The molecule has 0 fully saturated rings. The molecule has 2 amide bonds. The number of pyridine rings is 2. The lowest BCUT2D eigenvalue weighted by molar-refractivity contribution is -0.138. The molecule has 0 bridgehead atoms. The number of ether oxygens (including phenoxy) is 1. The molecule has 0 aliphatic rings. The molecule has 0 aliphatic carbocycles. The fraction of sp³-hybridized carbons (Fsp3) is 0.269. The highest BCUT2D eigenvalue weighted by Crippen LogP contribution is 2.36. The minimum atomic E-state index is -4.90. The van der Waals surface area contributed by atoms with Gasteiger partial charge in [0.15, 0.2) is 0 Å². The number of rotatable bonds is 10. The van der Waals surface area contributed by atoms with Gasteiger partial charge in [0, 0.05) is 61.8 Å². The lowest BCUT2D eigenvalue weighted by Crippen LogP contribution is -2.36. The summed E-state index contributed by atoms with van der Waals surface area (Å²) in [4.78, 5) is 31.1. The number of anilines is 1. The zero-order valence-corrected chi connectivity index (χ0v) is 22.2. The van der Waals surface area contributed by atoms with Crippen LogP contribution in [0.15, 0.2) is 53.6 Å². The van der Waals surface area contributed by atoms with Gasteiger partial charge in [-0.2, -0.15) is 18.4 Å². The van der Waals surface area contributed by atoms with Crippen molar-refractivity contribution in [2.45, 2.75) is 19.1 Å². The molecule has 3 rings (SSSR count). The van der Waals surface area contributed by atoms with E-state index >= 15 is 0 Å². The first kappa shape index (κ1) is 30.1. The van der Waals surface area contributed by atoms with Crippen molar-refractivity contribution in [2.75, 3.05) is 32.5 Å². The second kappa shape index (κ2) is 13.1. The molecule has 0 radical (unpaired) electrons. The summed E-state index contributed by atoms with van der Waals surface area (Å²) >= 11 is 5.93. The molecular formula is C26H25ClF3N7O3. The van der Waals surface area contributed by atoms with E-state index in [1.807, 2.05) is 6.07 Å². The van der Waals surface area contributed by atoms with E-state index in [-0.39, 0.29) is 46.4 Å². The molecule has 0 saturated heterocycles. The van der Waals surface area contributed by atoms with Crippen molar-refractivity contribution >= 4 is 29.2 Å². The maximum absolute atomic E-state index is 13.7. The highest BCUT2D eigenvalue weighted by molar-refractivity contribution is 6.30. The van der Waals surface area contributed by atoms with Crippen molar-refractivity contribution in [2.24, 2.45) is 0 Å². The van der Waals surface area contributed by atoms with E-state index in [9.17, 15) is 22.8 Å². The Morgan fingerprint density at radius 1 is 1.30 bits per heavy atom. The molecular weight excluding hydrogens is 551 g/mol. The smallest absolute Gasteiger partial charge is 0.420 e. The van der Waals surface area contributed by atoms with Crippen molar-refractivity contribution in [1.82, 2.24) is 19.8 Å². The van der Waals surface area contributed by atoms with Gasteiger partial charge in [0.25, 0.3) is 5.56 Å². The molecule has 0 aliphatic heterocycles. The third-order valence-corrected chi connectivity index (χ3v) is 5.87. The van der Waals surface area contributed by atoms with Crippen molar-refractivity contribution in [1.29, 1.82) is 10.7 Å². The highest BCUT2D eigenvalue weighted by Gasteiger charge is 2.36. The maximum atomic E-state index is 13.7. The average molecular weight is 576 g/mol. The fourth-order valence-electron chi connectivity index (χ4n) is 3.55. The number of carbonyl (C=O) groups excluding carboxylic acids is 1. The first-order chi connectivity index (χ1) is 18.9. The number of nitrogens with one attached hydrogen (secondary N) is 3. The van der Waals surface area contributed by atoms with Crippen LogP contribution in [0.25, 0.3) is 0 Å². The van der Waals surface area contributed by atoms with E-state index in [1.165, 1.54) is 23.2 Å². The van der Waals surface area contributed by atoms with Crippen LogP contribution in [0.5, 0.6) is 11.5 Å². The van der Waals surface area contributed by atoms with Gasteiger partial charge in [0.05, 0.1) is 11.6 Å². The average Bonchev–Trinajstić information content (AvgIpc) is 2.91. The molecule has 2 aromatic heterocycles. The first-order valence-corrected chi connectivity index (χ1v) is 12.2. The van der Waals surface area contributed by atoms with Crippen LogP contribution in [0.4, 0.5) is 23.8 Å².